The summed E-state index contributed by atoms with van der Waals surface area (Å²) >= 11 is 3.34. The minimum Gasteiger partial charge on any atom is -0.288 e. The van der Waals surface area contributed by atoms with E-state index in [1.165, 1.54) is 15.8 Å². The van der Waals surface area contributed by atoms with E-state index in [0.29, 0.717) is 0 Å². The van der Waals surface area contributed by atoms with Gasteiger partial charge in [-0.05, 0) is 48.8 Å². The van der Waals surface area contributed by atoms with Crippen molar-refractivity contribution in [3.8, 4) is 0 Å². The molecule has 0 atom stereocenters. The quantitative estimate of drug-likeness (QED) is 0.707. The summed E-state index contributed by atoms with van der Waals surface area (Å²) in [6, 6.07) is 4.14. The van der Waals surface area contributed by atoms with Gasteiger partial charge in [-0.15, -0.1) is 22.7 Å². The molecule has 0 aromatic carbocycles. The summed E-state index contributed by atoms with van der Waals surface area (Å²) in [7, 11) is 0. The summed E-state index contributed by atoms with van der Waals surface area (Å²) in [5.74, 6) is 0.258. The molecule has 0 spiro atoms. The van der Waals surface area contributed by atoms with Crippen LogP contribution in [0.2, 0.25) is 0 Å². The number of fused-ring (bicyclic) bond motifs is 1. The molecule has 0 saturated heterocycles. The van der Waals surface area contributed by atoms with Crippen molar-refractivity contribution < 1.29 is 4.79 Å². The maximum Gasteiger partial charge on any atom is 0.198 e. The van der Waals surface area contributed by atoms with Crippen molar-refractivity contribution in [2.24, 2.45) is 0 Å². The van der Waals surface area contributed by atoms with Gasteiger partial charge >= 0.3 is 0 Å². The van der Waals surface area contributed by atoms with Crippen LogP contribution in [-0.4, -0.2) is 5.78 Å². The van der Waals surface area contributed by atoms with E-state index in [1.54, 1.807) is 22.7 Å². The second-order valence-corrected chi connectivity index (χ2v) is 6.10. The standard InChI is InChI=1S/C13H12OS2/c14-13(9-4-2-1-3-5-9)12-8-11-10(16-12)6-7-15-11/h4,6-8H,1-3,5H2. The normalized spacial score (nSPS) is 16.4. The van der Waals surface area contributed by atoms with Gasteiger partial charge in [0, 0.05) is 9.40 Å². The van der Waals surface area contributed by atoms with Crippen LogP contribution in [0.3, 0.4) is 0 Å². The van der Waals surface area contributed by atoms with Gasteiger partial charge in [0.2, 0.25) is 0 Å². The van der Waals surface area contributed by atoms with Gasteiger partial charge in [-0.1, -0.05) is 6.08 Å². The van der Waals surface area contributed by atoms with Gasteiger partial charge < -0.3 is 0 Å². The van der Waals surface area contributed by atoms with Crippen LogP contribution in [0.5, 0.6) is 0 Å². The van der Waals surface area contributed by atoms with Crippen LogP contribution < -0.4 is 0 Å². The summed E-state index contributed by atoms with van der Waals surface area (Å²) in [4.78, 5) is 13.1. The fourth-order valence-corrected chi connectivity index (χ4v) is 4.16. The molecular formula is C13H12OS2. The topological polar surface area (TPSA) is 17.1 Å². The molecule has 1 aliphatic rings. The Morgan fingerprint density at radius 3 is 2.94 bits per heavy atom. The van der Waals surface area contributed by atoms with Crippen molar-refractivity contribution in [3.05, 3.63) is 34.0 Å². The number of hydrogen-bond donors (Lipinski definition) is 0. The molecule has 1 nitrogen and oxygen atoms in total. The average Bonchev–Trinajstić information content (AvgIpc) is 2.89. The molecule has 0 fully saturated rings. The zero-order chi connectivity index (χ0) is 11.0. The van der Waals surface area contributed by atoms with Gasteiger partial charge in [-0.2, -0.15) is 0 Å². The first-order valence-corrected chi connectivity index (χ1v) is 7.25. The molecule has 2 heterocycles. The van der Waals surface area contributed by atoms with E-state index in [0.717, 1.165) is 29.7 Å². The highest BCUT2D eigenvalue weighted by Gasteiger charge is 2.16. The Morgan fingerprint density at radius 2 is 2.19 bits per heavy atom. The fraction of sp³-hybridized carbons (Fsp3) is 0.308. The molecule has 3 heteroatoms. The van der Waals surface area contributed by atoms with Gasteiger partial charge in [-0.25, -0.2) is 0 Å². The molecule has 0 amide bonds. The molecule has 82 valence electrons. The zero-order valence-corrected chi connectivity index (χ0v) is 10.5. The van der Waals surface area contributed by atoms with Crippen LogP contribution in [0.1, 0.15) is 35.4 Å². The van der Waals surface area contributed by atoms with Crippen LogP contribution in [0.4, 0.5) is 0 Å². The Bertz CT molecular complexity index is 531. The lowest BCUT2D eigenvalue weighted by molar-refractivity contribution is 0.103. The van der Waals surface area contributed by atoms with Crippen LogP contribution in [0, 0.1) is 0 Å². The molecule has 0 bridgehead atoms. The van der Waals surface area contributed by atoms with Crippen molar-refractivity contribution >= 4 is 37.9 Å². The number of Topliss-reactive ketones (excluding diaryl/α,β-unsaturated/α-hetero) is 1. The van der Waals surface area contributed by atoms with E-state index in [2.05, 4.69) is 17.5 Å². The second-order valence-electron chi connectivity index (χ2n) is 4.06. The lowest BCUT2D eigenvalue weighted by Gasteiger charge is -2.09. The SMILES string of the molecule is O=C(C1=CCCCC1)c1cc2sccc2s1. The van der Waals surface area contributed by atoms with Crippen molar-refractivity contribution in [2.75, 3.05) is 0 Å². The summed E-state index contributed by atoms with van der Waals surface area (Å²) in [5.41, 5.74) is 1.03. The number of thiophene rings is 2. The highest BCUT2D eigenvalue weighted by Crippen LogP contribution is 2.32. The lowest BCUT2D eigenvalue weighted by atomic mass is 9.96. The molecule has 3 rings (SSSR count). The summed E-state index contributed by atoms with van der Waals surface area (Å²) in [5, 5.41) is 2.08. The average molecular weight is 248 g/mol. The molecule has 2 aromatic heterocycles. The first-order valence-electron chi connectivity index (χ1n) is 5.55. The third-order valence-corrected chi connectivity index (χ3v) is 5.04. The summed E-state index contributed by atoms with van der Waals surface area (Å²) in [6.07, 6.45) is 6.55. The highest BCUT2D eigenvalue weighted by molar-refractivity contribution is 7.28. The van der Waals surface area contributed by atoms with E-state index in [4.69, 9.17) is 0 Å². The fourth-order valence-electron chi connectivity index (χ4n) is 2.08. The number of hydrogen-bond acceptors (Lipinski definition) is 3. The maximum absolute atomic E-state index is 12.2. The second kappa shape index (κ2) is 4.15. The molecule has 0 N–H and O–H groups in total. The zero-order valence-electron chi connectivity index (χ0n) is 8.86. The maximum atomic E-state index is 12.2. The first kappa shape index (κ1) is 10.2. The number of carbonyl (C=O) groups is 1. The Labute approximate surface area is 102 Å². The minimum atomic E-state index is 0.258. The van der Waals surface area contributed by atoms with E-state index < -0.39 is 0 Å². The van der Waals surface area contributed by atoms with Gasteiger partial charge in [0.1, 0.15) is 0 Å². The van der Waals surface area contributed by atoms with Crippen molar-refractivity contribution in [2.45, 2.75) is 25.7 Å². The molecule has 2 aromatic rings. The Morgan fingerprint density at radius 1 is 1.25 bits per heavy atom. The third kappa shape index (κ3) is 1.74. The lowest BCUT2D eigenvalue weighted by Crippen LogP contribution is -2.04. The third-order valence-electron chi connectivity index (χ3n) is 2.95. The Kier molecular flexibility index (Phi) is 2.65. The Balaban J connectivity index is 1.94. The van der Waals surface area contributed by atoms with E-state index >= 15 is 0 Å². The van der Waals surface area contributed by atoms with Crippen LogP contribution in [0.25, 0.3) is 9.40 Å². The van der Waals surface area contributed by atoms with E-state index in [-0.39, 0.29) is 5.78 Å². The van der Waals surface area contributed by atoms with E-state index in [9.17, 15) is 4.79 Å². The summed E-state index contributed by atoms with van der Waals surface area (Å²) < 4.78 is 2.48. The highest BCUT2D eigenvalue weighted by atomic mass is 32.1. The Hall–Kier alpha value is -0.930. The minimum absolute atomic E-state index is 0.258. The number of allylic oxidation sites excluding steroid dienone is 2. The van der Waals surface area contributed by atoms with Gasteiger partial charge in [-0.3, -0.25) is 4.79 Å². The predicted molar refractivity (Wildman–Crippen MR) is 70.6 cm³/mol. The molecule has 0 radical (unpaired) electrons. The molecule has 16 heavy (non-hydrogen) atoms. The molecule has 1 aliphatic carbocycles. The largest absolute Gasteiger partial charge is 0.288 e. The predicted octanol–water partition coefficient (Wildman–Crippen LogP) is 4.65. The van der Waals surface area contributed by atoms with Crippen LogP contribution >= 0.6 is 22.7 Å². The molecule has 0 saturated carbocycles. The monoisotopic (exact) mass is 248 g/mol. The molecule has 0 aliphatic heterocycles. The van der Waals surface area contributed by atoms with Crippen molar-refractivity contribution in [1.29, 1.82) is 0 Å². The van der Waals surface area contributed by atoms with E-state index in [1.807, 2.05) is 6.07 Å². The number of ketones is 1. The van der Waals surface area contributed by atoms with Crippen LogP contribution in [-0.2, 0) is 0 Å². The van der Waals surface area contributed by atoms with Gasteiger partial charge in [0.05, 0.1) is 4.88 Å². The summed E-state index contributed by atoms with van der Waals surface area (Å²) in [6.45, 7) is 0. The molecular weight excluding hydrogens is 236 g/mol. The van der Waals surface area contributed by atoms with Crippen molar-refractivity contribution in [3.63, 3.8) is 0 Å². The van der Waals surface area contributed by atoms with Crippen LogP contribution in [0.15, 0.2) is 29.2 Å². The number of carbonyl (C=O) groups excluding carboxylic acids is 1. The van der Waals surface area contributed by atoms with Gasteiger partial charge in [0.25, 0.3) is 0 Å². The first-order chi connectivity index (χ1) is 7.84. The van der Waals surface area contributed by atoms with Gasteiger partial charge in [0.15, 0.2) is 5.78 Å². The number of rotatable bonds is 2. The molecule has 0 unspecified atom stereocenters. The van der Waals surface area contributed by atoms with Crippen molar-refractivity contribution in [1.82, 2.24) is 0 Å². The smallest absolute Gasteiger partial charge is 0.198 e.